The molecule has 154 valence electrons. The van der Waals surface area contributed by atoms with Crippen LogP contribution in [0, 0.1) is 5.92 Å². The van der Waals surface area contributed by atoms with Gasteiger partial charge >= 0.3 is 5.97 Å². The molecule has 0 spiro atoms. The van der Waals surface area contributed by atoms with E-state index in [9.17, 15) is 9.36 Å². The van der Waals surface area contributed by atoms with Gasteiger partial charge in [-0.15, -0.1) is 0 Å². The molecule has 1 aliphatic heterocycles. The Morgan fingerprint density at radius 3 is 3.04 bits per heavy atom. The standard InChI is InChI=1S/C17H26N5O5P/c1-10(2)26-14(23)7-21-28(24)25-8-12-6-11(3)17(27-12)22-5-4-13-15(18)19-9-20-16(13)22/h4-5,9-12,17,28H,6-8H2,1-3H3,(H,21,24)(H2,18,19,20). The zero-order valence-corrected chi connectivity index (χ0v) is 17.1. The number of hydrogen-bond acceptors (Lipinski definition) is 8. The molecule has 3 heterocycles. The van der Waals surface area contributed by atoms with E-state index in [2.05, 4.69) is 22.0 Å². The lowest BCUT2D eigenvalue weighted by atomic mass is 10.1. The van der Waals surface area contributed by atoms with Gasteiger partial charge in [0.25, 0.3) is 8.18 Å². The first-order chi connectivity index (χ1) is 13.3. The summed E-state index contributed by atoms with van der Waals surface area (Å²) in [6, 6.07) is 1.86. The monoisotopic (exact) mass is 411 g/mol. The molecular formula is C17H26N5O5P. The van der Waals surface area contributed by atoms with Gasteiger partial charge < -0.3 is 24.3 Å². The van der Waals surface area contributed by atoms with Crippen LogP contribution in [0.4, 0.5) is 5.82 Å². The molecule has 0 amide bonds. The van der Waals surface area contributed by atoms with E-state index in [0.717, 1.165) is 11.8 Å². The minimum absolute atomic E-state index is 0.156. The van der Waals surface area contributed by atoms with Crippen LogP contribution in [0.25, 0.3) is 11.0 Å². The zero-order chi connectivity index (χ0) is 20.3. The predicted molar refractivity (Wildman–Crippen MR) is 104 cm³/mol. The highest BCUT2D eigenvalue weighted by atomic mass is 31.1. The summed E-state index contributed by atoms with van der Waals surface area (Å²) in [7, 11) is -2.56. The Labute approximate surface area is 163 Å². The predicted octanol–water partition coefficient (Wildman–Crippen LogP) is 1.88. The van der Waals surface area contributed by atoms with E-state index >= 15 is 0 Å². The van der Waals surface area contributed by atoms with Crippen molar-refractivity contribution in [2.45, 2.75) is 45.6 Å². The highest BCUT2D eigenvalue weighted by Gasteiger charge is 2.34. The first-order valence-corrected chi connectivity index (χ1v) is 10.5. The summed E-state index contributed by atoms with van der Waals surface area (Å²) in [5, 5.41) is 3.33. The summed E-state index contributed by atoms with van der Waals surface area (Å²) in [5.41, 5.74) is 6.60. The third-order valence-corrected chi connectivity index (χ3v) is 5.31. The summed E-state index contributed by atoms with van der Waals surface area (Å²) >= 11 is 0. The van der Waals surface area contributed by atoms with Crippen LogP contribution in [-0.4, -0.2) is 45.9 Å². The number of hydrogen-bond donors (Lipinski definition) is 2. The molecule has 1 aliphatic rings. The lowest BCUT2D eigenvalue weighted by Crippen LogP contribution is -2.23. The van der Waals surface area contributed by atoms with Crippen LogP contribution in [0.15, 0.2) is 18.6 Å². The van der Waals surface area contributed by atoms with E-state index in [4.69, 9.17) is 19.7 Å². The van der Waals surface area contributed by atoms with Gasteiger partial charge in [0.05, 0.1) is 24.2 Å². The maximum Gasteiger partial charge on any atom is 0.320 e. The molecule has 4 unspecified atom stereocenters. The van der Waals surface area contributed by atoms with Gasteiger partial charge in [0.1, 0.15) is 30.6 Å². The van der Waals surface area contributed by atoms with Crippen molar-refractivity contribution in [1.82, 2.24) is 19.6 Å². The average Bonchev–Trinajstić information content (AvgIpc) is 3.21. The molecule has 10 nitrogen and oxygen atoms in total. The lowest BCUT2D eigenvalue weighted by Gasteiger charge is -2.18. The molecule has 0 aliphatic carbocycles. The smallest absolute Gasteiger partial charge is 0.320 e. The number of nitrogens with two attached hydrogens (primary N) is 1. The molecule has 1 fully saturated rings. The van der Waals surface area contributed by atoms with Crippen molar-refractivity contribution in [2.24, 2.45) is 5.92 Å². The number of aromatic nitrogens is 3. The van der Waals surface area contributed by atoms with Crippen LogP contribution in [0.2, 0.25) is 0 Å². The topological polar surface area (TPSA) is 131 Å². The van der Waals surface area contributed by atoms with Crippen LogP contribution >= 0.6 is 8.18 Å². The second kappa shape index (κ2) is 9.00. The number of nitrogens with one attached hydrogen (secondary N) is 1. The Hall–Kier alpha value is -2.00. The van der Waals surface area contributed by atoms with Crippen LogP contribution in [0.3, 0.4) is 0 Å². The first kappa shape index (κ1) is 20.7. The normalized spacial score (nSPS) is 23.4. The number of nitrogens with zero attached hydrogens (tertiary/aromatic N) is 3. The summed E-state index contributed by atoms with van der Waals surface area (Å²) in [4.78, 5) is 19.8. The number of ether oxygens (including phenoxy) is 2. The second-order valence-electron chi connectivity index (χ2n) is 7.07. The molecule has 11 heteroatoms. The Kier molecular flexibility index (Phi) is 6.66. The molecule has 2 aromatic rings. The Balaban J connectivity index is 1.52. The number of fused-ring (bicyclic) bond motifs is 1. The zero-order valence-electron chi connectivity index (χ0n) is 16.1. The van der Waals surface area contributed by atoms with Gasteiger partial charge in [0.15, 0.2) is 0 Å². The Morgan fingerprint density at radius 2 is 2.29 bits per heavy atom. The molecular weight excluding hydrogens is 385 g/mol. The summed E-state index contributed by atoms with van der Waals surface area (Å²) < 4.78 is 30.3. The van der Waals surface area contributed by atoms with Crippen molar-refractivity contribution in [3.63, 3.8) is 0 Å². The Morgan fingerprint density at radius 1 is 1.50 bits per heavy atom. The van der Waals surface area contributed by atoms with Crippen LogP contribution < -0.4 is 10.8 Å². The molecule has 28 heavy (non-hydrogen) atoms. The van der Waals surface area contributed by atoms with Gasteiger partial charge in [0, 0.05) is 12.1 Å². The molecule has 4 atom stereocenters. The lowest BCUT2D eigenvalue weighted by molar-refractivity contribution is -0.145. The van der Waals surface area contributed by atoms with Crippen molar-refractivity contribution in [2.75, 3.05) is 18.9 Å². The number of nitrogen functional groups attached to an aromatic ring is 1. The van der Waals surface area contributed by atoms with Crippen molar-refractivity contribution < 1.29 is 23.4 Å². The van der Waals surface area contributed by atoms with Gasteiger partial charge in [-0.25, -0.2) is 15.1 Å². The van der Waals surface area contributed by atoms with E-state index in [1.807, 2.05) is 16.8 Å². The summed E-state index contributed by atoms with van der Waals surface area (Å²) in [6.45, 7) is 5.59. The molecule has 3 rings (SSSR count). The number of anilines is 1. The fraction of sp³-hybridized carbons (Fsp3) is 0.588. The quantitative estimate of drug-likeness (QED) is 0.494. The highest BCUT2D eigenvalue weighted by Crippen LogP contribution is 2.37. The SMILES string of the molecule is CC(C)OC(=O)CN[PH](=O)OCC1CC(C)C(n2ccc3c(N)ncnc32)O1. The van der Waals surface area contributed by atoms with Gasteiger partial charge in [-0.1, -0.05) is 6.92 Å². The van der Waals surface area contributed by atoms with Crippen molar-refractivity contribution in [3.8, 4) is 0 Å². The van der Waals surface area contributed by atoms with E-state index < -0.39 is 14.1 Å². The maximum atomic E-state index is 11.9. The number of carbonyl (C=O) groups excluding carboxylic acids is 1. The molecule has 0 bridgehead atoms. The largest absolute Gasteiger partial charge is 0.462 e. The second-order valence-corrected chi connectivity index (χ2v) is 8.29. The molecule has 2 aromatic heterocycles. The van der Waals surface area contributed by atoms with Crippen LogP contribution in [0.1, 0.15) is 33.4 Å². The molecule has 3 N–H and O–H groups in total. The fourth-order valence-corrected chi connectivity index (χ4v) is 3.96. The minimum Gasteiger partial charge on any atom is -0.462 e. The molecule has 1 saturated heterocycles. The molecule has 0 aromatic carbocycles. The fourth-order valence-electron chi connectivity index (χ4n) is 3.23. The van der Waals surface area contributed by atoms with E-state index in [1.165, 1.54) is 6.33 Å². The van der Waals surface area contributed by atoms with Crippen LogP contribution in [-0.2, 0) is 23.4 Å². The van der Waals surface area contributed by atoms with Crippen molar-refractivity contribution >= 4 is 31.0 Å². The van der Waals surface area contributed by atoms with Gasteiger partial charge in [-0.2, -0.15) is 0 Å². The third kappa shape index (κ3) is 4.88. The molecule has 0 radical (unpaired) electrons. The van der Waals surface area contributed by atoms with Gasteiger partial charge in [-0.3, -0.25) is 9.36 Å². The number of rotatable bonds is 8. The maximum absolute atomic E-state index is 11.9. The van der Waals surface area contributed by atoms with Crippen molar-refractivity contribution in [3.05, 3.63) is 18.6 Å². The number of esters is 1. The third-order valence-electron chi connectivity index (χ3n) is 4.41. The minimum atomic E-state index is -2.56. The van der Waals surface area contributed by atoms with Gasteiger partial charge in [0.2, 0.25) is 0 Å². The van der Waals surface area contributed by atoms with E-state index in [0.29, 0.717) is 11.5 Å². The van der Waals surface area contributed by atoms with Crippen LogP contribution in [0.5, 0.6) is 0 Å². The van der Waals surface area contributed by atoms with E-state index in [-0.39, 0.29) is 37.5 Å². The molecule has 0 saturated carbocycles. The average molecular weight is 411 g/mol. The Bertz CT molecular complexity index is 858. The highest BCUT2D eigenvalue weighted by molar-refractivity contribution is 7.36. The van der Waals surface area contributed by atoms with Gasteiger partial charge in [-0.05, 0) is 26.3 Å². The van der Waals surface area contributed by atoms with Crippen molar-refractivity contribution in [1.29, 1.82) is 0 Å². The number of carbonyl (C=O) groups is 1. The van der Waals surface area contributed by atoms with E-state index in [1.54, 1.807) is 13.8 Å². The first-order valence-electron chi connectivity index (χ1n) is 9.17. The summed E-state index contributed by atoms with van der Waals surface area (Å²) in [6.07, 6.45) is 3.40. The summed E-state index contributed by atoms with van der Waals surface area (Å²) in [5.74, 6) is 0.162.